The normalized spacial score (nSPS) is 12.6. The Balaban J connectivity index is 1.83. The SMILES string of the molecule is CCc1nc2c(N)nc(C)c(C)c2n1CCC[S+]([O-])c1ccccc1. The van der Waals surface area contributed by atoms with Gasteiger partial charge in [-0.15, -0.1) is 0 Å². The van der Waals surface area contributed by atoms with Gasteiger partial charge in [0.15, 0.2) is 10.7 Å². The van der Waals surface area contributed by atoms with Crippen LogP contribution in [0, 0.1) is 13.8 Å². The molecule has 0 fully saturated rings. The van der Waals surface area contributed by atoms with Crippen LogP contribution in [-0.4, -0.2) is 24.8 Å². The number of hydrogen-bond donors (Lipinski definition) is 1. The molecule has 25 heavy (non-hydrogen) atoms. The van der Waals surface area contributed by atoms with Crippen molar-refractivity contribution in [1.82, 2.24) is 14.5 Å². The zero-order valence-corrected chi connectivity index (χ0v) is 15.8. The average Bonchev–Trinajstić information content (AvgIpc) is 3.00. The summed E-state index contributed by atoms with van der Waals surface area (Å²) in [5.41, 5.74) is 9.97. The van der Waals surface area contributed by atoms with E-state index in [0.29, 0.717) is 11.6 Å². The van der Waals surface area contributed by atoms with Crippen LogP contribution in [0.5, 0.6) is 0 Å². The number of hydrogen-bond acceptors (Lipinski definition) is 4. The van der Waals surface area contributed by atoms with Crippen molar-refractivity contribution in [2.24, 2.45) is 0 Å². The maximum absolute atomic E-state index is 12.4. The predicted octanol–water partition coefficient (Wildman–Crippen LogP) is 3.39. The van der Waals surface area contributed by atoms with Crippen molar-refractivity contribution < 1.29 is 4.55 Å². The van der Waals surface area contributed by atoms with Crippen molar-refractivity contribution in [2.75, 3.05) is 11.5 Å². The second-order valence-electron chi connectivity index (χ2n) is 6.15. The molecule has 2 heterocycles. The number of aromatic nitrogens is 3. The quantitative estimate of drug-likeness (QED) is 0.687. The fourth-order valence-electron chi connectivity index (χ4n) is 3.10. The van der Waals surface area contributed by atoms with Gasteiger partial charge in [0.1, 0.15) is 17.1 Å². The molecule has 1 atom stereocenters. The van der Waals surface area contributed by atoms with Crippen LogP contribution in [0.3, 0.4) is 0 Å². The lowest BCUT2D eigenvalue weighted by atomic mass is 10.2. The second-order valence-corrected chi connectivity index (χ2v) is 7.72. The molecule has 3 rings (SSSR count). The van der Waals surface area contributed by atoms with Crippen LogP contribution in [0.15, 0.2) is 35.2 Å². The van der Waals surface area contributed by atoms with Gasteiger partial charge in [-0.2, -0.15) is 0 Å². The number of rotatable bonds is 6. The molecule has 1 unspecified atom stereocenters. The maximum Gasteiger partial charge on any atom is 0.152 e. The highest BCUT2D eigenvalue weighted by atomic mass is 32.2. The largest absolute Gasteiger partial charge is 0.611 e. The third kappa shape index (κ3) is 3.50. The second kappa shape index (κ2) is 7.45. The van der Waals surface area contributed by atoms with Gasteiger partial charge in [-0.25, -0.2) is 9.97 Å². The summed E-state index contributed by atoms with van der Waals surface area (Å²) in [6.45, 7) is 6.90. The molecule has 132 valence electrons. The summed E-state index contributed by atoms with van der Waals surface area (Å²) in [7, 11) is 0. The topological polar surface area (TPSA) is 79.8 Å². The van der Waals surface area contributed by atoms with E-state index in [1.807, 2.05) is 37.3 Å². The van der Waals surface area contributed by atoms with Crippen LogP contribution < -0.4 is 5.73 Å². The van der Waals surface area contributed by atoms with Gasteiger partial charge in [0, 0.05) is 25.1 Å². The molecule has 0 saturated carbocycles. The van der Waals surface area contributed by atoms with Gasteiger partial charge >= 0.3 is 0 Å². The lowest BCUT2D eigenvalue weighted by Gasteiger charge is -2.13. The summed E-state index contributed by atoms with van der Waals surface area (Å²) in [4.78, 5) is 9.96. The van der Waals surface area contributed by atoms with E-state index in [-0.39, 0.29) is 0 Å². The third-order valence-corrected chi connectivity index (χ3v) is 5.97. The van der Waals surface area contributed by atoms with Crippen molar-refractivity contribution in [3.05, 3.63) is 47.4 Å². The molecular weight excluding hydrogens is 332 g/mol. The molecule has 0 radical (unpaired) electrons. The third-order valence-electron chi connectivity index (χ3n) is 4.51. The first-order valence-electron chi connectivity index (χ1n) is 8.58. The maximum atomic E-state index is 12.4. The average molecular weight is 356 g/mol. The Labute approximate surface area is 151 Å². The van der Waals surface area contributed by atoms with Crippen LogP contribution in [0.2, 0.25) is 0 Å². The Hall–Kier alpha value is -2.05. The van der Waals surface area contributed by atoms with Crippen molar-refractivity contribution in [3.8, 4) is 0 Å². The standard InChI is InChI=1S/C19H24N4OS/c1-4-16-22-17-18(13(2)14(3)21-19(17)20)23(16)11-8-12-25(24)15-9-6-5-7-10-15/h5-7,9-10H,4,8,11-12H2,1-3H3,(H2,20,21). The number of benzene rings is 1. The fraction of sp³-hybridized carbons (Fsp3) is 0.368. The Morgan fingerprint density at radius 3 is 2.56 bits per heavy atom. The molecule has 0 saturated heterocycles. The summed E-state index contributed by atoms with van der Waals surface area (Å²) in [6, 6.07) is 9.62. The molecule has 2 aromatic heterocycles. The van der Waals surface area contributed by atoms with Gasteiger partial charge in [-0.1, -0.05) is 25.1 Å². The number of anilines is 1. The highest BCUT2D eigenvalue weighted by Crippen LogP contribution is 2.26. The van der Waals surface area contributed by atoms with E-state index < -0.39 is 11.2 Å². The van der Waals surface area contributed by atoms with Crippen molar-refractivity contribution in [1.29, 1.82) is 0 Å². The van der Waals surface area contributed by atoms with Crippen LogP contribution in [-0.2, 0) is 24.1 Å². The number of fused-ring (bicyclic) bond motifs is 1. The smallest absolute Gasteiger partial charge is 0.152 e. The minimum Gasteiger partial charge on any atom is -0.611 e. The molecule has 6 heteroatoms. The number of pyridine rings is 1. The minimum absolute atomic E-state index is 0.486. The molecule has 0 aliphatic rings. The van der Waals surface area contributed by atoms with E-state index in [1.54, 1.807) is 0 Å². The Bertz CT molecular complexity index is 876. The molecule has 5 nitrogen and oxygen atoms in total. The zero-order valence-electron chi connectivity index (χ0n) is 15.0. The van der Waals surface area contributed by atoms with Crippen LogP contribution in [0.4, 0.5) is 5.82 Å². The van der Waals surface area contributed by atoms with Crippen LogP contribution >= 0.6 is 0 Å². The molecule has 0 spiro atoms. The first-order chi connectivity index (χ1) is 12.0. The van der Waals surface area contributed by atoms with E-state index in [4.69, 9.17) is 5.73 Å². The number of aryl methyl sites for hydroxylation is 4. The van der Waals surface area contributed by atoms with Gasteiger partial charge < -0.3 is 14.9 Å². The highest BCUT2D eigenvalue weighted by Gasteiger charge is 2.17. The van der Waals surface area contributed by atoms with E-state index in [1.165, 1.54) is 0 Å². The highest BCUT2D eigenvalue weighted by molar-refractivity contribution is 7.91. The van der Waals surface area contributed by atoms with Crippen LogP contribution in [0.25, 0.3) is 11.0 Å². The Morgan fingerprint density at radius 1 is 1.16 bits per heavy atom. The molecular formula is C19H24N4OS. The van der Waals surface area contributed by atoms with Gasteiger partial charge in [-0.05, 0) is 42.7 Å². The lowest BCUT2D eigenvalue weighted by Crippen LogP contribution is -2.12. The lowest BCUT2D eigenvalue weighted by molar-refractivity contribution is 0.584. The molecule has 3 aromatic rings. The van der Waals surface area contributed by atoms with E-state index in [2.05, 4.69) is 28.4 Å². The zero-order chi connectivity index (χ0) is 18.0. The summed E-state index contributed by atoms with van der Waals surface area (Å²) >= 11 is -0.972. The number of imidazole rings is 1. The fourth-order valence-corrected chi connectivity index (χ4v) is 4.19. The monoisotopic (exact) mass is 356 g/mol. The van der Waals surface area contributed by atoms with E-state index >= 15 is 0 Å². The number of nitrogens with two attached hydrogens (primary N) is 1. The Morgan fingerprint density at radius 2 is 1.88 bits per heavy atom. The van der Waals surface area contributed by atoms with Crippen molar-refractivity contribution >= 4 is 28.0 Å². The van der Waals surface area contributed by atoms with Crippen molar-refractivity contribution in [3.63, 3.8) is 0 Å². The van der Waals surface area contributed by atoms with Gasteiger partial charge in [-0.3, -0.25) is 0 Å². The molecule has 0 aliphatic carbocycles. The van der Waals surface area contributed by atoms with E-state index in [0.717, 1.165) is 52.4 Å². The molecule has 1 aromatic carbocycles. The van der Waals surface area contributed by atoms with Gasteiger partial charge in [0.05, 0.1) is 5.52 Å². The number of nitrogen functional groups attached to an aromatic ring is 1. The summed E-state index contributed by atoms with van der Waals surface area (Å²) in [6.07, 6.45) is 1.65. The number of nitrogens with zero attached hydrogens (tertiary/aromatic N) is 3. The summed E-state index contributed by atoms with van der Waals surface area (Å²) in [5.74, 6) is 2.12. The van der Waals surface area contributed by atoms with Gasteiger partial charge in [0.25, 0.3) is 0 Å². The molecule has 2 N–H and O–H groups in total. The first kappa shape index (κ1) is 17.8. The molecule has 0 aliphatic heterocycles. The predicted molar refractivity (Wildman–Crippen MR) is 103 cm³/mol. The molecule has 0 bridgehead atoms. The van der Waals surface area contributed by atoms with Gasteiger partial charge in [0.2, 0.25) is 0 Å². The minimum atomic E-state index is -0.972. The Kier molecular flexibility index (Phi) is 5.30. The summed E-state index contributed by atoms with van der Waals surface area (Å²) < 4.78 is 14.6. The van der Waals surface area contributed by atoms with E-state index in [9.17, 15) is 4.55 Å². The van der Waals surface area contributed by atoms with Crippen LogP contribution in [0.1, 0.15) is 30.4 Å². The summed E-state index contributed by atoms with van der Waals surface area (Å²) in [5, 5.41) is 0. The first-order valence-corrected chi connectivity index (χ1v) is 9.90. The van der Waals surface area contributed by atoms with Crippen molar-refractivity contribution in [2.45, 2.75) is 45.1 Å². The molecule has 0 amide bonds.